The quantitative estimate of drug-likeness (QED) is 0.436. The Hall–Kier alpha value is 0.650. The van der Waals surface area contributed by atoms with E-state index in [2.05, 4.69) is 18.2 Å². The molecule has 0 aromatic rings. The number of hydrogen-bond donors (Lipinski definition) is 0. The van der Waals surface area contributed by atoms with Gasteiger partial charge in [0.2, 0.25) is 0 Å². The summed E-state index contributed by atoms with van der Waals surface area (Å²) in [6.07, 6.45) is -4.43. The van der Waals surface area contributed by atoms with Crippen molar-refractivity contribution in [2.45, 2.75) is 6.18 Å². The third-order valence-electron chi connectivity index (χ3n) is 0.630. The molecule has 0 atom stereocenters. The van der Waals surface area contributed by atoms with Crippen LogP contribution < -0.4 is 0 Å². The van der Waals surface area contributed by atoms with Gasteiger partial charge in [-0.25, -0.2) is 0 Å². The highest BCUT2D eigenvalue weighted by Gasteiger charge is 2.30. The molecule has 0 heterocycles. The van der Waals surface area contributed by atoms with E-state index >= 15 is 0 Å². The van der Waals surface area contributed by atoms with Gasteiger partial charge in [0.15, 0.2) is 0 Å². The topological polar surface area (TPSA) is 0 Å². The highest BCUT2D eigenvalue weighted by atomic mass is 35.5. The van der Waals surface area contributed by atoms with Crippen LogP contribution in [-0.2, 0) is 0 Å². The van der Waals surface area contributed by atoms with Crippen molar-refractivity contribution in [3.05, 3.63) is 21.1 Å². The average molecular weight is 330 g/mol. The van der Waals surface area contributed by atoms with Gasteiger partial charge in [0.25, 0.3) is 0 Å². The van der Waals surface area contributed by atoms with Gasteiger partial charge in [-0.05, 0) is 0 Å². The summed E-state index contributed by atoms with van der Waals surface area (Å²) in [5.41, 5.74) is 0. The SMILES string of the molecule is C=C(Cl)C(F)(F)F.ClCC(Cl)=C(Cl)Cl.F. The summed E-state index contributed by atoms with van der Waals surface area (Å²) in [6.45, 7) is 2.47. The van der Waals surface area contributed by atoms with Gasteiger partial charge in [0.1, 0.15) is 9.52 Å². The molecule has 0 rings (SSSR count). The van der Waals surface area contributed by atoms with Crippen LogP contribution in [0.4, 0.5) is 17.9 Å². The first-order valence-corrected chi connectivity index (χ1v) is 4.84. The van der Waals surface area contributed by atoms with E-state index in [0.717, 1.165) is 0 Å². The number of allylic oxidation sites excluding steroid dienone is 2. The van der Waals surface area contributed by atoms with Crippen molar-refractivity contribution in [3.8, 4) is 0 Å². The Morgan fingerprint density at radius 2 is 1.33 bits per heavy atom. The van der Waals surface area contributed by atoms with Gasteiger partial charge in [0, 0.05) is 0 Å². The van der Waals surface area contributed by atoms with Crippen molar-refractivity contribution in [2.24, 2.45) is 0 Å². The van der Waals surface area contributed by atoms with Crippen LogP contribution in [0, 0.1) is 0 Å². The zero-order chi connectivity index (χ0) is 11.9. The second-order valence-electron chi connectivity index (χ2n) is 1.70. The molecule has 0 bridgehead atoms. The smallest absolute Gasteiger partial charge is 0.269 e. The molecule has 0 radical (unpaired) electrons. The molecule has 0 amide bonds. The van der Waals surface area contributed by atoms with Crippen molar-refractivity contribution >= 4 is 58.0 Å². The minimum Gasteiger partial charge on any atom is -0.269 e. The molecule has 0 aromatic heterocycles. The Bertz CT molecular complexity index is 218. The van der Waals surface area contributed by atoms with Crippen LogP contribution in [0.5, 0.6) is 0 Å². The minimum atomic E-state index is -4.43. The zero-order valence-electron chi connectivity index (χ0n) is 6.85. The first-order chi connectivity index (χ1) is 6.12. The Morgan fingerprint density at radius 1 is 1.07 bits per heavy atom. The Kier molecular flexibility index (Phi) is 13.8. The van der Waals surface area contributed by atoms with E-state index in [4.69, 9.17) is 46.4 Å². The molecule has 0 nitrogen and oxygen atoms in total. The largest absolute Gasteiger partial charge is 0.426 e. The number of hydrogen-bond acceptors (Lipinski definition) is 0. The fraction of sp³-hybridized carbons (Fsp3) is 0.333. The summed E-state index contributed by atoms with van der Waals surface area (Å²) >= 11 is 25.2. The Morgan fingerprint density at radius 3 is 1.33 bits per heavy atom. The molecule has 0 spiro atoms. The molecule has 15 heavy (non-hydrogen) atoms. The number of alkyl halides is 4. The van der Waals surface area contributed by atoms with Crippen LogP contribution >= 0.6 is 58.0 Å². The minimum absolute atomic E-state index is 0. The first kappa shape index (κ1) is 21.0. The zero-order valence-corrected chi connectivity index (χ0v) is 10.6. The lowest BCUT2D eigenvalue weighted by molar-refractivity contribution is -0.0841. The van der Waals surface area contributed by atoms with Crippen LogP contribution in [0.15, 0.2) is 21.1 Å². The van der Waals surface area contributed by atoms with Gasteiger partial charge in [-0.2, -0.15) is 13.2 Å². The third-order valence-corrected chi connectivity index (χ3v) is 2.22. The summed E-state index contributed by atoms with van der Waals surface area (Å²) in [6, 6.07) is 0. The van der Waals surface area contributed by atoms with Crippen LogP contribution in [0.1, 0.15) is 0 Å². The van der Waals surface area contributed by atoms with Gasteiger partial charge < -0.3 is 0 Å². The summed E-state index contributed by atoms with van der Waals surface area (Å²) in [4.78, 5) is 0. The lowest BCUT2D eigenvalue weighted by atomic mass is 10.6. The highest BCUT2D eigenvalue weighted by Crippen LogP contribution is 2.26. The van der Waals surface area contributed by atoms with Crippen LogP contribution in [0.2, 0.25) is 0 Å². The van der Waals surface area contributed by atoms with E-state index in [-0.39, 0.29) is 20.1 Å². The van der Waals surface area contributed by atoms with Crippen molar-refractivity contribution in [2.75, 3.05) is 5.88 Å². The molecule has 0 aliphatic carbocycles. The van der Waals surface area contributed by atoms with Crippen molar-refractivity contribution < 1.29 is 17.9 Å². The number of halogens is 9. The molecule has 0 aromatic carbocycles. The van der Waals surface area contributed by atoms with E-state index in [1.807, 2.05) is 0 Å². The second kappa shape index (κ2) is 9.85. The van der Waals surface area contributed by atoms with Gasteiger partial charge in [-0.3, -0.25) is 4.70 Å². The summed E-state index contributed by atoms with van der Waals surface area (Å²) < 4.78 is 32.9. The maximum atomic E-state index is 10.9. The molecule has 0 aliphatic heterocycles. The molecule has 92 valence electrons. The monoisotopic (exact) mass is 328 g/mol. The molecule has 0 N–H and O–H groups in total. The summed E-state index contributed by atoms with van der Waals surface area (Å²) in [5.74, 6) is 0.171. The number of rotatable bonds is 1. The van der Waals surface area contributed by atoms with E-state index in [1.165, 1.54) is 0 Å². The maximum absolute atomic E-state index is 10.9. The van der Waals surface area contributed by atoms with E-state index in [1.54, 1.807) is 0 Å². The van der Waals surface area contributed by atoms with E-state index in [0.29, 0.717) is 0 Å². The third kappa shape index (κ3) is 14.7. The first-order valence-electron chi connectivity index (χ1n) is 2.80. The fourth-order valence-electron chi connectivity index (χ4n) is 0.0505. The van der Waals surface area contributed by atoms with Crippen molar-refractivity contribution in [3.63, 3.8) is 0 Å². The van der Waals surface area contributed by atoms with Crippen LogP contribution in [-0.4, -0.2) is 12.1 Å². The molecule has 0 aliphatic rings. The van der Waals surface area contributed by atoms with E-state index < -0.39 is 11.2 Å². The van der Waals surface area contributed by atoms with E-state index in [9.17, 15) is 13.2 Å². The van der Waals surface area contributed by atoms with Gasteiger partial charge >= 0.3 is 6.18 Å². The molecule has 9 heteroatoms. The molecule has 0 unspecified atom stereocenters. The molecule has 0 saturated heterocycles. The van der Waals surface area contributed by atoms with Crippen LogP contribution in [0.3, 0.4) is 0 Å². The van der Waals surface area contributed by atoms with Crippen molar-refractivity contribution in [1.29, 1.82) is 0 Å². The second-order valence-corrected chi connectivity index (χ2v) is 3.83. The summed E-state index contributed by atoms with van der Waals surface area (Å²) in [5, 5.41) is -1.00. The molecular weight excluding hydrogens is 325 g/mol. The predicted octanol–water partition coefficient (Wildman–Crippen LogP) is 5.56. The maximum Gasteiger partial charge on any atom is 0.426 e. The Balaban J connectivity index is -0.000000180. The lowest BCUT2D eigenvalue weighted by Crippen LogP contribution is -2.04. The fourth-order valence-corrected chi connectivity index (χ4v) is 0.455. The van der Waals surface area contributed by atoms with Crippen LogP contribution in [0.25, 0.3) is 0 Å². The van der Waals surface area contributed by atoms with Crippen molar-refractivity contribution in [1.82, 2.24) is 0 Å². The molecule has 0 fully saturated rings. The van der Waals surface area contributed by atoms with Gasteiger partial charge in [-0.1, -0.05) is 53.0 Å². The summed E-state index contributed by atoms with van der Waals surface area (Å²) in [7, 11) is 0. The standard InChI is InChI=1S/C3H2Cl4.C3H2ClF3.FH/c4-1-2(5)3(6)7;1-2(4)3(5,6)7;/h2*1H2;1H. The average Bonchev–Trinajstić information content (AvgIpc) is 2.02. The van der Waals surface area contributed by atoms with Gasteiger partial charge in [0.05, 0.1) is 10.9 Å². The lowest BCUT2D eigenvalue weighted by Gasteiger charge is -1.98. The highest BCUT2D eigenvalue weighted by molar-refractivity contribution is 6.60. The predicted molar refractivity (Wildman–Crippen MR) is 58.9 cm³/mol. The Labute approximate surface area is 109 Å². The molecular formula is C6H5Cl5F4. The normalized spacial score (nSPS) is 9.33. The molecule has 0 saturated carbocycles. The van der Waals surface area contributed by atoms with Gasteiger partial charge in [-0.15, -0.1) is 11.6 Å².